The number of ether oxygens (including phenoxy) is 1. The smallest absolute Gasteiger partial charge is 0.255 e. The van der Waals surface area contributed by atoms with Crippen LogP contribution in [0, 0.1) is 0 Å². The van der Waals surface area contributed by atoms with Crippen molar-refractivity contribution in [1.29, 1.82) is 0 Å². The van der Waals surface area contributed by atoms with E-state index < -0.39 is 10.0 Å². The van der Waals surface area contributed by atoms with Crippen LogP contribution in [0.4, 0.5) is 0 Å². The molecule has 156 valence electrons. The molecule has 0 atom stereocenters. The van der Waals surface area contributed by atoms with Crippen LogP contribution in [0.15, 0.2) is 52.3 Å². The molecule has 0 bridgehead atoms. The van der Waals surface area contributed by atoms with E-state index in [-0.39, 0.29) is 17.3 Å². The minimum Gasteiger partial charge on any atom is -0.497 e. The van der Waals surface area contributed by atoms with Gasteiger partial charge in [0.1, 0.15) is 5.75 Å². The molecule has 1 fully saturated rings. The van der Waals surface area contributed by atoms with Crippen LogP contribution in [-0.2, 0) is 16.6 Å². The van der Waals surface area contributed by atoms with Gasteiger partial charge >= 0.3 is 0 Å². The molecule has 1 amide bonds. The summed E-state index contributed by atoms with van der Waals surface area (Å²) in [6.45, 7) is 1.65. The molecule has 3 rings (SSSR count). The lowest BCUT2D eigenvalue weighted by Crippen LogP contribution is -2.29. The Morgan fingerprint density at radius 2 is 1.90 bits per heavy atom. The molecule has 6 nitrogen and oxygen atoms in total. The molecule has 1 saturated heterocycles. The maximum absolute atomic E-state index is 13.1. The number of likely N-dealkylation sites (tertiary alicyclic amines) is 1. The third-order valence-corrected chi connectivity index (χ3v) is 7.64. The number of nitrogens with zero attached hydrogens (tertiary/aromatic N) is 2. The highest BCUT2D eigenvalue weighted by molar-refractivity contribution is 7.98. The van der Waals surface area contributed by atoms with Gasteiger partial charge in [0.05, 0.1) is 17.6 Å². The second-order valence-corrected chi connectivity index (χ2v) is 9.87. The third-order valence-electron chi connectivity index (χ3n) is 5.04. The maximum Gasteiger partial charge on any atom is 0.255 e. The van der Waals surface area contributed by atoms with Gasteiger partial charge in [0.25, 0.3) is 5.91 Å². The topological polar surface area (TPSA) is 66.9 Å². The van der Waals surface area contributed by atoms with Crippen LogP contribution in [0.1, 0.15) is 28.8 Å². The molecule has 1 heterocycles. The monoisotopic (exact) mass is 434 g/mol. The molecule has 0 unspecified atom stereocenters. The lowest BCUT2D eigenvalue weighted by atomic mass is 10.2. The number of sulfonamides is 1. The van der Waals surface area contributed by atoms with Crippen molar-refractivity contribution in [3.05, 3.63) is 53.6 Å². The van der Waals surface area contributed by atoms with Crippen LogP contribution >= 0.6 is 11.8 Å². The van der Waals surface area contributed by atoms with Crippen LogP contribution < -0.4 is 4.74 Å². The summed E-state index contributed by atoms with van der Waals surface area (Å²) in [5.74, 6) is 0.579. The summed E-state index contributed by atoms with van der Waals surface area (Å²) in [6, 6.07) is 12.1. The molecule has 0 aliphatic carbocycles. The molecule has 1 aliphatic rings. The summed E-state index contributed by atoms with van der Waals surface area (Å²) in [6.07, 6.45) is 3.86. The van der Waals surface area contributed by atoms with E-state index in [0.29, 0.717) is 11.3 Å². The minimum absolute atomic E-state index is 0.0978. The van der Waals surface area contributed by atoms with Crippen LogP contribution in [-0.4, -0.2) is 57.0 Å². The Morgan fingerprint density at radius 1 is 1.17 bits per heavy atom. The zero-order valence-electron chi connectivity index (χ0n) is 16.9. The first-order valence-electron chi connectivity index (χ1n) is 9.43. The number of hydrogen-bond acceptors (Lipinski definition) is 5. The van der Waals surface area contributed by atoms with Crippen molar-refractivity contribution in [2.24, 2.45) is 0 Å². The van der Waals surface area contributed by atoms with Crippen molar-refractivity contribution in [2.45, 2.75) is 29.2 Å². The van der Waals surface area contributed by atoms with Gasteiger partial charge in [-0.25, -0.2) is 8.42 Å². The van der Waals surface area contributed by atoms with Crippen molar-refractivity contribution in [3.63, 3.8) is 0 Å². The first-order valence-corrected chi connectivity index (χ1v) is 12.1. The summed E-state index contributed by atoms with van der Waals surface area (Å²) >= 11 is 1.45. The number of carbonyl (C=O) groups is 1. The molecular weight excluding hydrogens is 408 g/mol. The Balaban J connectivity index is 1.89. The van der Waals surface area contributed by atoms with Gasteiger partial charge in [0, 0.05) is 31.6 Å². The number of hydrogen-bond donors (Lipinski definition) is 0. The number of rotatable bonds is 7. The van der Waals surface area contributed by atoms with Gasteiger partial charge in [-0.2, -0.15) is 4.31 Å². The molecule has 0 radical (unpaired) electrons. The summed E-state index contributed by atoms with van der Waals surface area (Å²) in [7, 11) is -0.633. The fourth-order valence-corrected chi connectivity index (χ4v) is 5.15. The Hall–Kier alpha value is -2.03. The van der Waals surface area contributed by atoms with Gasteiger partial charge in [-0.1, -0.05) is 12.1 Å². The van der Waals surface area contributed by atoms with Crippen LogP contribution in [0.3, 0.4) is 0 Å². The van der Waals surface area contributed by atoms with E-state index in [9.17, 15) is 13.2 Å². The Morgan fingerprint density at radius 3 is 2.55 bits per heavy atom. The predicted molar refractivity (Wildman–Crippen MR) is 115 cm³/mol. The van der Waals surface area contributed by atoms with Crippen molar-refractivity contribution in [3.8, 4) is 5.75 Å². The first kappa shape index (κ1) is 21.7. The highest BCUT2D eigenvalue weighted by Gasteiger charge is 2.26. The summed E-state index contributed by atoms with van der Waals surface area (Å²) in [4.78, 5) is 15.6. The van der Waals surface area contributed by atoms with Gasteiger partial charge in [0.15, 0.2) is 0 Å². The summed E-state index contributed by atoms with van der Waals surface area (Å²) < 4.78 is 32.8. The van der Waals surface area contributed by atoms with Crippen molar-refractivity contribution >= 4 is 27.7 Å². The number of carbonyl (C=O) groups excluding carboxylic acids is 1. The summed E-state index contributed by atoms with van der Waals surface area (Å²) in [5, 5.41) is 0. The van der Waals surface area contributed by atoms with Gasteiger partial charge < -0.3 is 9.64 Å². The minimum atomic E-state index is -3.75. The first-order chi connectivity index (χ1) is 13.9. The van der Waals surface area contributed by atoms with E-state index in [2.05, 4.69) is 0 Å². The standard InChI is InChI=1S/C21H26N2O4S2/c1-22(15-16-7-6-8-17(13-16)27-2)29(25,26)18-9-10-20(28-3)19(14-18)21(24)23-11-4-5-12-23/h6-10,13-14H,4-5,11-12,15H2,1-3H3. The van der Waals surface area contributed by atoms with Crippen molar-refractivity contribution in [1.82, 2.24) is 9.21 Å². The average molecular weight is 435 g/mol. The third kappa shape index (κ3) is 4.76. The quantitative estimate of drug-likeness (QED) is 0.624. The second-order valence-electron chi connectivity index (χ2n) is 6.97. The predicted octanol–water partition coefficient (Wildman–Crippen LogP) is 3.47. The number of benzene rings is 2. The molecule has 0 N–H and O–H groups in total. The Kier molecular flexibility index (Phi) is 6.87. The van der Waals surface area contributed by atoms with E-state index in [4.69, 9.17) is 4.74 Å². The van der Waals surface area contributed by atoms with Crippen LogP contribution in [0.2, 0.25) is 0 Å². The van der Waals surface area contributed by atoms with E-state index in [0.717, 1.165) is 36.4 Å². The van der Waals surface area contributed by atoms with Gasteiger partial charge in [-0.05, 0) is 55.0 Å². The van der Waals surface area contributed by atoms with Crippen molar-refractivity contribution < 1.29 is 17.9 Å². The average Bonchev–Trinajstić information content (AvgIpc) is 3.27. The van der Waals surface area contributed by atoms with E-state index in [1.807, 2.05) is 30.5 Å². The molecule has 0 spiro atoms. The fourth-order valence-electron chi connectivity index (χ4n) is 3.40. The Labute approximate surface area is 176 Å². The molecule has 1 aliphatic heterocycles. The largest absolute Gasteiger partial charge is 0.497 e. The normalized spacial score (nSPS) is 14.4. The maximum atomic E-state index is 13.1. The number of amides is 1. The zero-order valence-corrected chi connectivity index (χ0v) is 18.6. The number of methoxy groups -OCH3 is 1. The Bertz CT molecular complexity index is 986. The fraction of sp³-hybridized carbons (Fsp3) is 0.381. The van der Waals surface area contributed by atoms with Crippen LogP contribution in [0.5, 0.6) is 5.75 Å². The number of thioether (sulfide) groups is 1. The molecule has 0 aromatic heterocycles. The van der Waals surface area contributed by atoms with Gasteiger partial charge in [-0.3, -0.25) is 4.79 Å². The van der Waals surface area contributed by atoms with Crippen molar-refractivity contribution in [2.75, 3.05) is 33.5 Å². The van der Waals surface area contributed by atoms with E-state index in [1.165, 1.54) is 22.1 Å². The van der Waals surface area contributed by atoms with E-state index in [1.54, 1.807) is 31.2 Å². The molecule has 29 heavy (non-hydrogen) atoms. The lowest BCUT2D eigenvalue weighted by Gasteiger charge is -2.20. The molecule has 2 aromatic carbocycles. The highest BCUT2D eigenvalue weighted by Crippen LogP contribution is 2.28. The summed E-state index contributed by atoms with van der Waals surface area (Å²) in [5.41, 5.74) is 1.28. The van der Waals surface area contributed by atoms with E-state index >= 15 is 0 Å². The van der Waals surface area contributed by atoms with Gasteiger partial charge in [0.2, 0.25) is 10.0 Å². The molecule has 0 saturated carbocycles. The highest BCUT2D eigenvalue weighted by atomic mass is 32.2. The lowest BCUT2D eigenvalue weighted by molar-refractivity contribution is 0.0789. The second kappa shape index (κ2) is 9.19. The van der Waals surface area contributed by atoms with Crippen LogP contribution in [0.25, 0.3) is 0 Å². The molecular formula is C21H26N2O4S2. The zero-order chi connectivity index (χ0) is 21.0. The SMILES string of the molecule is COc1cccc(CN(C)S(=O)(=O)c2ccc(SC)c(C(=O)N3CCCC3)c2)c1. The molecule has 8 heteroatoms. The molecule has 2 aromatic rings. The van der Waals surface area contributed by atoms with Gasteiger partial charge in [-0.15, -0.1) is 11.8 Å².